The normalized spacial score (nSPS) is 14.4. The number of carbonyl (C=O) groups is 4. The van der Waals surface area contributed by atoms with E-state index in [0.29, 0.717) is 16.4 Å². The highest BCUT2D eigenvalue weighted by Gasteiger charge is 2.30. The summed E-state index contributed by atoms with van der Waals surface area (Å²) in [5, 5.41) is 35.0. The largest absolute Gasteiger partial charge is 0.481 e. The molecule has 0 radical (unpaired) electrons. The number of hydrogen-bond acceptors (Lipinski definition) is 5. The van der Waals surface area contributed by atoms with Gasteiger partial charge in [-0.2, -0.15) is 0 Å². The number of aliphatic carboxylic acids is 4. The van der Waals surface area contributed by atoms with E-state index in [4.69, 9.17) is 10.2 Å². The molecular weight excluding hydrogens is 372 g/mol. The minimum absolute atomic E-state index is 0.592. The molecule has 0 aromatic heterocycles. The number of carboxylic acids is 4. The van der Waals surface area contributed by atoms with Crippen molar-refractivity contribution in [3.05, 3.63) is 35.9 Å². The van der Waals surface area contributed by atoms with Crippen LogP contribution in [0.5, 0.6) is 0 Å². The molecule has 8 nitrogen and oxygen atoms in total. The zero-order valence-electron chi connectivity index (χ0n) is 12.8. The molecule has 10 heteroatoms. The molecule has 0 aliphatic carbocycles. The van der Waals surface area contributed by atoms with E-state index in [1.165, 1.54) is 5.37 Å². The molecule has 25 heavy (non-hydrogen) atoms. The zero-order chi connectivity index (χ0) is 19.0. The van der Waals surface area contributed by atoms with Crippen LogP contribution >= 0.6 is 20.3 Å². The maximum Gasteiger partial charge on any atom is 0.318 e. The van der Waals surface area contributed by atoms with Gasteiger partial charge in [-0.1, -0.05) is 41.1 Å². The van der Waals surface area contributed by atoms with Gasteiger partial charge in [0.05, 0.1) is 12.8 Å². The first-order valence-corrected chi connectivity index (χ1v) is 9.63. The molecule has 1 rings (SSSR count). The molecule has 1 aromatic carbocycles. The lowest BCUT2D eigenvalue weighted by Gasteiger charge is -2.19. The third-order valence-corrected chi connectivity index (χ3v) is 7.44. The maximum absolute atomic E-state index is 11.5. The summed E-state index contributed by atoms with van der Waals surface area (Å²) < 4.78 is 0. The summed E-state index contributed by atoms with van der Waals surface area (Å²) in [5.74, 6) is -5.46. The highest BCUT2D eigenvalue weighted by Crippen LogP contribution is 2.42. The van der Waals surface area contributed by atoms with Crippen LogP contribution in [0.1, 0.15) is 18.4 Å². The lowest BCUT2D eigenvalue weighted by atomic mass is 10.2. The van der Waals surface area contributed by atoms with E-state index in [2.05, 4.69) is 0 Å². The van der Waals surface area contributed by atoms with Gasteiger partial charge in [0.1, 0.15) is 10.5 Å². The average molecular weight is 388 g/mol. The molecule has 0 saturated heterocycles. The Morgan fingerprint density at radius 1 is 0.920 bits per heavy atom. The summed E-state index contributed by atoms with van der Waals surface area (Å²) in [5.41, 5.74) is 0.592. The lowest BCUT2D eigenvalue weighted by Crippen LogP contribution is -2.25. The molecule has 0 spiro atoms. The average Bonchev–Trinajstić information content (AvgIpc) is 2.51. The fourth-order valence-corrected chi connectivity index (χ4v) is 6.18. The predicted molar refractivity (Wildman–Crippen MR) is 94.1 cm³/mol. The minimum atomic E-state index is -1.40. The van der Waals surface area contributed by atoms with Crippen molar-refractivity contribution in [2.24, 2.45) is 0 Å². The Morgan fingerprint density at radius 3 is 1.92 bits per heavy atom. The first kappa shape index (κ1) is 20.7. The van der Waals surface area contributed by atoms with Crippen molar-refractivity contribution in [2.75, 3.05) is 0 Å². The van der Waals surface area contributed by atoms with Crippen molar-refractivity contribution in [3.63, 3.8) is 0 Å². The van der Waals surface area contributed by atoms with E-state index in [-0.39, 0.29) is 0 Å². The Labute approximate surface area is 148 Å². The minimum Gasteiger partial charge on any atom is -0.481 e. The molecule has 136 valence electrons. The van der Waals surface area contributed by atoms with Crippen molar-refractivity contribution in [2.45, 2.75) is 23.3 Å². The molecule has 0 amide bonds. The Hall–Kier alpha value is -2.33. The van der Waals surface area contributed by atoms with E-state index < -0.39 is 56.7 Å². The van der Waals surface area contributed by atoms with Crippen LogP contribution in [0.25, 0.3) is 0 Å². The second kappa shape index (κ2) is 9.84. The van der Waals surface area contributed by atoms with E-state index >= 15 is 0 Å². The molecule has 0 heterocycles. The maximum atomic E-state index is 11.5. The van der Waals surface area contributed by atoms with E-state index in [9.17, 15) is 29.4 Å². The van der Waals surface area contributed by atoms with Gasteiger partial charge in [0.2, 0.25) is 0 Å². The Bertz CT molecular complexity index is 686. The van der Waals surface area contributed by atoms with Crippen molar-refractivity contribution >= 4 is 49.6 Å². The van der Waals surface area contributed by atoms with Crippen LogP contribution in [0, 0.1) is 0 Å². The SMILES string of the molecule is O=C(O)CC(SS(=Cc1ccccc1)C(CC(=O)O)C(=O)O)C(=O)O. The molecule has 0 aliphatic heterocycles. The summed E-state index contributed by atoms with van der Waals surface area (Å²) in [7, 11) is -0.717. The zero-order valence-corrected chi connectivity index (χ0v) is 14.4. The number of benzene rings is 1. The van der Waals surface area contributed by atoms with Gasteiger partial charge in [-0.3, -0.25) is 19.2 Å². The Balaban J connectivity index is 3.27. The van der Waals surface area contributed by atoms with Gasteiger partial charge in [0.25, 0.3) is 0 Å². The van der Waals surface area contributed by atoms with Gasteiger partial charge < -0.3 is 20.4 Å². The van der Waals surface area contributed by atoms with Gasteiger partial charge in [0.15, 0.2) is 0 Å². The van der Waals surface area contributed by atoms with Crippen LogP contribution in [0.3, 0.4) is 0 Å². The third-order valence-electron chi connectivity index (χ3n) is 2.83. The van der Waals surface area contributed by atoms with Crippen LogP contribution in [0.4, 0.5) is 0 Å². The second-order valence-corrected chi connectivity index (χ2v) is 8.76. The quantitative estimate of drug-likeness (QED) is 0.346. The third kappa shape index (κ3) is 7.40. The molecule has 4 N–H and O–H groups in total. The second-order valence-electron chi connectivity index (χ2n) is 4.80. The summed E-state index contributed by atoms with van der Waals surface area (Å²) in [6.45, 7) is 0. The van der Waals surface area contributed by atoms with Crippen molar-refractivity contribution in [3.8, 4) is 0 Å². The molecule has 0 fully saturated rings. The molecule has 0 aliphatic rings. The predicted octanol–water partition coefficient (Wildman–Crippen LogP) is 1.61. The number of hydrogen-bond donors (Lipinski definition) is 4. The Kier molecular flexibility index (Phi) is 8.16. The van der Waals surface area contributed by atoms with Gasteiger partial charge in [0, 0.05) is 0 Å². The van der Waals surface area contributed by atoms with Crippen molar-refractivity contribution < 1.29 is 39.6 Å². The topological polar surface area (TPSA) is 149 Å². The summed E-state index contributed by atoms with van der Waals surface area (Å²) in [6.07, 6.45) is -1.40. The number of rotatable bonds is 10. The van der Waals surface area contributed by atoms with Crippen molar-refractivity contribution in [1.82, 2.24) is 0 Å². The van der Waals surface area contributed by atoms with Crippen LogP contribution in [-0.4, -0.2) is 60.2 Å². The van der Waals surface area contributed by atoms with Crippen molar-refractivity contribution in [1.29, 1.82) is 0 Å². The molecule has 0 saturated carbocycles. The number of carboxylic acid groups (broad SMARTS) is 4. The van der Waals surface area contributed by atoms with Gasteiger partial charge in [-0.05, 0) is 10.9 Å². The van der Waals surface area contributed by atoms with Crippen LogP contribution in [0.15, 0.2) is 30.3 Å². The first-order valence-electron chi connectivity index (χ1n) is 6.89. The van der Waals surface area contributed by atoms with Gasteiger partial charge in [-0.15, -0.1) is 9.52 Å². The highest BCUT2D eigenvalue weighted by atomic mass is 33.1. The van der Waals surface area contributed by atoms with E-state index in [0.717, 1.165) is 0 Å². The monoisotopic (exact) mass is 388 g/mol. The van der Waals surface area contributed by atoms with Gasteiger partial charge in [-0.25, -0.2) is 0 Å². The molecule has 3 atom stereocenters. The fraction of sp³-hybridized carbons (Fsp3) is 0.267. The molecular formula is C15H16O8S2. The van der Waals surface area contributed by atoms with E-state index in [1.807, 2.05) is 0 Å². The Morgan fingerprint density at radius 2 is 1.48 bits per heavy atom. The summed E-state index contributed by atoms with van der Waals surface area (Å²) in [6, 6.07) is 8.44. The molecule has 1 aromatic rings. The van der Waals surface area contributed by atoms with Crippen LogP contribution in [-0.2, 0) is 19.2 Å². The smallest absolute Gasteiger partial charge is 0.318 e. The van der Waals surface area contributed by atoms with Crippen LogP contribution in [0.2, 0.25) is 0 Å². The fourth-order valence-electron chi connectivity index (χ4n) is 1.73. The molecule has 3 unspecified atom stereocenters. The van der Waals surface area contributed by atoms with Gasteiger partial charge >= 0.3 is 23.9 Å². The highest BCUT2D eigenvalue weighted by molar-refractivity contribution is 8.84. The lowest BCUT2D eigenvalue weighted by molar-refractivity contribution is -0.143. The summed E-state index contributed by atoms with van der Waals surface area (Å²) >= 11 is 0. The van der Waals surface area contributed by atoms with E-state index in [1.54, 1.807) is 30.3 Å². The summed E-state index contributed by atoms with van der Waals surface area (Å²) in [4.78, 5) is 44.6. The molecule has 0 bridgehead atoms. The van der Waals surface area contributed by atoms with Crippen LogP contribution < -0.4 is 0 Å². The standard InChI is InChI=1S/C15H16O8S2/c16-12(17)6-10(14(20)21)24-25(8-9-4-2-1-3-5-9)11(15(22)23)7-13(18)19/h1-5,8,10-11H,6-7H2,(H,16,17)(H,18,19)(H,20,21)(H,22,23). The first-order chi connectivity index (χ1) is 11.7.